The number of hydrogen-bond acceptors (Lipinski definition) is 4. The highest BCUT2D eigenvalue weighted by molar-refractivity contribution is 5.92. The van der Waals surface area contributed by atoms with Crippen LogP contribution in [0.1, 0.15) is 48.2 Å². The van der Waals surface area contributed by atoms with Crippen molar-refractivity contribution in [1.82, 2.24) is 15.5 Å². The third kappa shape index (κ3) is 4.78. The quantitative estimate of drug-likeness (QED) is 0.856. The van der Waals surface area contributed by atoms with Gasteiger partial charge in [-0.05, 0) is 37.0 Å². The lowest BCUT2D eigenvalue weighted by Crippen LogP contribution is -2.36. The van der Waals surface area contributed by atoms with Gasteiger partial charge in [0.05, 0.1) is 0 Å². The molecule has 0 aliphatic heterocycles. The van der Waals surface area contributed by atoms with Crippen LogP contribution in [-0.2, 0) is 6.42 Å². The Balaban J connectivity index is 1.46. The maximum atomic E-state index is 12.2. The largest absolute Gasteiger partial charge is 0.368 e. The van der Waals surface area contributed by atoms with Crippen LogP contribution in [0.5, 0.6) is 0 Å². The molecule has 3 rings (SSSR count). The Morgan fingerprint density at radius 1 is 1.00 bits per heavy atom. The summed E-state index contributed by atoms with van der Waals surface area (Å²) < 4.78 is 0. The molecule has 0 saturated heterocycles. The minimum absolute atomic E-state index is 0.120. The van der Waals surface area contributed by atoms with Crippen molar-refractivity contribution in [3.63, 3.8) is 0 Å². The van der Waals surface area contributed by atoms with Crippen LogP contribution in [0, 0.1) is 0 Å². The van der Waals surface area contributed by atoms with Crippen molar-refractivity contribution in [3.8, 4) is 0 Å². The summed E-state index contributed by atoms with van der Waals surface area (Å²) >= 11 is 0. The number of anilines is 1. The van der Waals surface area contributed by atoms with Gasteiger partial charge in [0.15, 0.2) is 5.69 Å². The molecule has 1 aromatic carbocycles. The number of hydrogen-bond donors (Lipinski definition) is 2. The zero-order chi connectivity index (χ0) is 16.6. The van der Waals surface area contributed by atoms with Crippen molar-refractivity contribution in [3.05, 3.63) is 53.7 Å². The number of rotatable bonds is 6. The third-order valence-corrected chi connectivity index (χ3v) is 4.40. The van der Waals surface area contributed by atoms with Crippen LogP contribution in [0.4, 0.5) is 5.82 Å². The lowest BCUT2D eigenvalue weighted by molar-refractivity contribution is 0.0921. The molecule has 5 nitrogen and oxygen atoms in total. The van der Waals surface area contributed by atoms with Crippen LogP contribution in [0.15, 0.2) is 42.5 Å². The average molecular weight is 324 g/mol. The number of nitrogens with one attached hydrogen (secondary N) is 2. The molecule has 0 spiro atoms. The van der Waals surface area contributed by atoms with Gasteiger partial charge < -0.3 is 10.6 Å². The second-order valence-electron chi connectivity index (χ2n) is 6.27. The first-order valence-electron chi connectivity index (χ1n) is 8.73. The highest BCUT2D eigenvalue weighted by Gasteiger charge is 2.17. The van der Waals surface area contributed by atoms with E-state index in [1.807, 2.05) is 24.3 Å². The Bertz CT molecular complexity index is 636. The van der Waals surface area contributed by atoms with Crippen LogP contribution >= 0.6 is 0 Å². The van der Waals surface area contributed by atoms with Crippen LogP contribution in [0.3, 0.4) is 0 Å². The molecule has 1 aliphatic carbocycles. The van der Waals surface area contributed by atoms with Crippen LogP contribution in [-0.4, -0.2) is 28.7 Å². The highest BCUT2D eigenvalue weighted by atomic mass is 16.2. The Kier molecular flexibility index (Phi) is 5.77. The fourth-order valence-corrected chi connectivity index (χ4v) is 3.03. The van der Waals surface area contributed by atoms with Gasteiger partial charge in [-0.25, -0.2) is 0 Å². The summed E-state index contributed by atoms with van der Waals surface area (Å²) in [7, 11) is 0. The zero-order valence-electron chi connectivity index (χ0n) is 13.9. The molecule has 0 atom stereocenters. The first kappa shape index (κ1) is 16.4. The highest BCUT2D eigenvalue weighted by Crippen LogP contribution is 2.17. The molecule has 1 saturated carbocycles. The minimum atomic E-state index is -0.120. The van der Waals surface area contributed by atoms with Crippen LogP contribution in [0.25, 0.3) is 0 Å². The molecule has 1 aromatic heterocycles. The molecule has 126 valence electrons. The molecule has 0 bridgehead atoms. The molecule has 0 unspecified atom stereocenters. The molecule has 1 fully saturated rings. The molecular formula is C19H24N4O. The summed E-state index contributed by atoms with van der Waals surface area (Å²) in [5.74, 6) is 0.574. The number of aromatic nitrogens is 2. The van der Waals surface area contributed by atoms with E-state index in [9.17, 15) is 4.79 Å². The van der Waals surface area contributed by atoms with Gasteiger partial charge in [0.25, 0.3) is 5.91 Å². The van der Waals surface area contributed by atoms with Gasteiger partial charge >= 0.3 is 0 Å². The Labute approximate surface area is 142 Å². The summed E-state index contributed by atoms with van der Waals surface area (Å²) in [5.41, 5.74) is 1.66. The van der Waals surface area contributed by atoms with Crippen molar-refractivity contribution in [2.45, 2.75) is 44.6 Å². The van der Waals surface area contributed by atoms with Crippen LogP contribution < -0.4 is 10.6 Å². The summed E-state index contributed by atoms with van der Waals surface area (Å²) in [6.45, 7) is 0.784. The van der Waals surface area contributed by atoms with Crippen LogP contribution in [0.2, 0.25) is 0 Å². The van der Waals surface area contributed by atoms with Gasteiger partial charge in [0, 0.05) is 12.6 Å². The number of carbonyl (C=O) groups excluding carboxylic acids is 1. The van der Waals surface area contributed by atoms with E-state index >= 15 is 0 Å². The van der Waals surface area contributed by atoms with Gasteiger partial charge in [-0.3, -0.25) is 4.79 Å². The van der Waals surface area contributed by atoms with E-state index in [0.29, 0.717) is 11.5 Å². The first-order chi connectivity index (χ1) is 11.8. The van der Waals surface area contributed by atoms with Crippen molar-refractivity contribution in [2.24, 2.45) is 0 Å². The molecule has 24 heavy (non-hydrogen) atoms. The van der Waals surface area contributed by atoms with Gasteiger partial charge in [-0.1, -0.05) is 49.6 Å². The molecule has 1 aliphatic rings. The number of amides is 1. The normalized spacial score (nSPS) is 15.0. The summed E-state index contributed by atoms with van der Waals surface area (Å²) in [6, 6.07) is 14.1. The maximum absolute atomic E-state index is 12.2. The van der Waals surface area contributed by atoms with Gasteiger partial charge in [-0.15, -0.1) is 10.2 Å². The smallest absolute Gasteiger partial charge is 0.272 e. The topological polar surface area (TPSA) is 66.9 Å². The maximum Gasteiger partial charge on any atom is 0.272 e. The van der Waals surface area contributed by atoms with Gasteiger partial charge in [0.1, 0.15) is 5.82 Å². The van der Waals surface area contributed by atoms with Crippen molar-refractivity contribution in [1.29, 1.82) is 0 Å². The van der Waals surface area contributed by atoms with Gasteiger partial charge in [0.2, 0.25) is 0 Å². The summed E-state index contributed by atoms with van der Waals surface area (Å²) in [6.07, 6.45) is 6.72. The second-order valence-corrected chi connectivity index (χ2v) is 6.27. The SMILES string of the molecule is O=C(NC1CCCCC1)c1ccc(NCCc2ccccc2)nn1. The first-order valence-corrected chi connectivity index (χ1v) is 8.73. The van der Waals surface area contributed by atoms with E-state index in [0.717, 1.165) is 25.8 Å². The standard InChI is InChI=1S/C19H24N4O/c24-19(21-16-9-5-2-6-10-16)17-11-12-18(23-22-17)20-14-13-15-7-3-1-4-8-15/h1,3-4,7-8,11-12,16H,2,5-6,9-10,13-14H2,(H,20,23)(H,21,24). The molecule has 5 heteroatoms. The monoisotopic (exact) mass is 324 g/mol. The van der Waals surface area contributed by atoms with E-state index in [1.54, 1.807) is 6.07 Å². The molecule has 1 heterocycles. The zero-order valence-corrected chi connectivity index (χ0v) is 13.9. The fourth-order valence-electron chi connectivity index (χ4n) is 3.03. The third-order valence-electron chi connectivity index (χ3n) is 4.40. The average Bonchev–Trinajstić information content (AvgIpc) is 2.64. The number of nitrogens with zero attached hydrogens (tertiary/aromatic N) is 2. The molecule has 2 aromatic rings. The van der Waals surface area contributed by atoms with Crippen molar-refractivity contribution >= 4 is 11.7 Å². The molecule has 1 amide bonds. The summed E-state index contributed by atoms with van der Waals surface area (Å²) in [5, 5.41) is 14.4. The predicted octanol–water partition coefficient (Wildman–Crippen LogP) is 3.19. The second kappa shape index (κ2) is 8.43. The Hall–Kier alpha value is -2.43. The number of carbonyl (C=O) groups is 1. The van der Waals surface area contributed by atoms with Crippen molar-refractivity contribution in [2.75, 3.05) is 11.9 Å². The van der Waals surface area contributed by atoms with E-state index in [-0.39, 0.29) is 11.9 Å². The molecular weight excluding hydrogens is 300 g/mol. The van der Waals surface area contributed by atoms with E-state index in [1.165, 1.54) is 24.8 Å². The van der Waals surface area contributed by atoms with Gasteiger partial charge in [-0.2, -0.15) is 0 Å². The minimum Gasteiger partial charge on any atom is -0.368 e. The lowest BCUT2D eigenvalue weighted by Gasteiger charge is -2.22. The lowest BCUT2D eigenvalue weighted by atomic mass is 9.95. The fraction of sp³-hybridized carbons (Fsp3) is 0.421. The summed E-state index contributed by atoms with van der Waals surface area (Å²) in [4.78, 5) is 12.2. The van der Waals surface area contributed by atoms with E-state index in [4.69, 9.17) is 0 Å². The molecule has 2 N–H and O–H groups in total. The van der Waals surface area contributed by atoms with E-state index < -0.39 is 0 Å². The number of benzene rings is 1. The van der Waals surface area contributed by atoms with E-state index in [2.05, 4.69) is 33.0 Å². The molecule has 0 radical (unpaired) electrons. The Morgan fingerprint density at radius 3 is 2.50 bits per heavy atom. The predicted molar refractivity (Wildman–Crippen MR) is 95.0 cm³/mol. The van der Waals surface area contributed by atoms with Crippen molar-refractivity contribution < 1.29 is 4.79 Å². The Morgan fingerprint density at radius 2 is 1.79 bits per heavy atom.